The fourth-order valence-corrected chi connectivity index (χ4v) is 5.84. The summed E-state index contributed by atoms with van der Waals surface area (Å²) in [5.41, 5.74) is 0. The van der Waals surface area contributed by atoms with E-state index in [1.54, 1.807) is 24.1 Å². The van der Waals surface area contributed by atoms with Crippen LogP contribution < -0.4 is 4.72 Å². The summed E-state index contributed by atoms with van der Waals surface area (Å²) in [5.74, 6) is -0.201. The summed E-state index contributed by atoms with van der Waals surface area (Å²) in [6, 6.07) is 11.8. The van der Waals surface area contributed by atoms with Crippen molar-refractivity contribution in [3.63, 3.8) is 0 Å². The van der Waals surface area contributed by atoms with Crippen molar-refractivity contribution in [2.45, 2.75) is 29.8 Å². The van der Waals surface area contributed by atoms with Crippen molar-refractivity contribution in [2.75, 3.05) is 33.7 Å². The Bertz CT molecular complexity index is 1070. The van der Waals surface area contributed by atoms with E-state index in [4.69, 9.17) is 0 Å². The summed E-state index contributed by atoms with van der Waals surface area (Å²) >= 11 is 0. The summed E-state index contributed by atoms with van der Waals surface area (Å²) in [7, 11) is -0.479. The second-order valence-corrected chi connectivity index (χ2v) is 9.67. The lowest BCUT2D eigenvalue weighted by molar-refractivity contribution is -0.136. The van der Waals surface area contributed by atoms with Crippen molar-refractivity contribution in [1.82, 2.24) is 19.4 Å². The minimum absolute atomic E-state index is 0.194. The summed E-state index contributed by atoms with van der Waals surface area (Å²) in [5, 5.41) is 1.59. The van der Waals surface area contributed by atoms with Gasteiger partial charge in [-0.25, -0.2) is 17.9 Å². The maximum absolute atomic E-state index is 13.0. The molecule has 2 aliphatic heterocycles. The number of benzene rings is 2. The number of urea groups is 1. The van der Waals surface area contributed by atoms with Crippen molar-refractivity contribution < 1.29 is 18.0 Å². The highest BCUT2D eigenvalue weighted by atomic mass is 32.2. The molecule has 160 valence electrons. The topological polar surface area (TPSA) is 90.0 Å². The smallest absolute Gasteiger partial charge is 0.325 e. The summed E-state index contributed by atoms with van der Waals surface area (Å²) in [4.78, 5) is 29.5. The molecule has 0 radical (unpaired) electrons. The molecule has 0 aromatic heterocycles. The Morgan fingerprint density at radius 3 is 2.37 bits per heavy atom. The first-order valence-electron chi connectivity index (χ1n) is 10.0. The van der Waals surface area contributed by atoms with Gasteiger partial charge in [-0.1, -0.05) is 36.4 Å². The Kier molecular flexibility index (Phi) is 5.52. The molecule has 0 aliphatic carbocycles. The highest BCUT2D eigenvalue weighted by Gasteiger charge is 2.40. The first kappa shape index (κ1) is 20.8. The monoisotopic (exact) mass is 430 g/mol. The average Bonchev–Trinajstić information content (AvgIpc) is 2.75. The molecule has 1 unspecified atom stereocenters. The number of likely N-dealkylation sites (N-methyl/N-ethyl adjacent to an activating group) is 2. The third-order valence-corrected chi connectivity index (χ3v) is 7.59. The lowest BCUT2D eigenvalue weighted by Gasteiger charge is -2.42. The fourth-order valence-electron chi connectivity index (χ4n) is 4.30. The SMILES string of the molecule is CN1CC(N2CCC(NS(=O)(=O)c3cccc4ccccc34)CC2)C(=O)N(C)C1=O. The van der Waals surface area contributed by atoms with Gasteiger partial charge < -0.3 is 4.90 Å². The summed E-state index contributed by atoms with van der Waals surface area (Å²) in [6.45, 7) is 1.54. The van der Waals surface area contributed by atoms with Crippen LogP contribution >= 0.6 is 0 Å². The van der Waals surface area contributed by atoms with Gasteiger partial charge in [0.2, 0.25) is 15.9 Å². The minimum Gasteiger partial charge on any atom is -0.325 e. The molecule has 9 heteroatoms. The Hall–Kier alpha value is -2.49. The lowest BCUT2D eigenvalue weighted by atomic mass is 10.0. The molecule has 3 amide bonds. The van der Waals surface area contributed by atoms with Crippen LogP contribution in [0.5, 0.6) is 0 Å². The van der Waals surface area contributed by atoms with Crippen molar-refractivity contribution in [2.24, 2.45) is 0 Å². The van der Waals surface area contributed by atoms with Gasteiger partial charge in [-0.2, -0.15) is 0 Å². The summed E-state index contributed by atoms with van der Waals surface area (Å²) in [6.07, 6.45) is 1.21. The van der Waals surface area contributed by atoms with Crippen molar-refractivity contribution in [3.8, 4) is 0 Å². The van der Waals surface area contributed by atoms with Gasteiger partial charge in [-0.05, 0) is 24.3 Å². The zero-order chi connectivity index (χ0) is 21.5. The fraction of sp³-hybridized carbons (Fsp3) is 0.429. The summed E-state index contributed by atoms with van der Waals surface area (Å²) < 4.78 is 28.9. The highest BCUT2D eigenvalue weighted by molar-refractivity contribution is 7.89. The van der Waals surface area contributed by atoms with Crippen LogP contribution in [0.3, 0.4) is 0 Å². The molecule has 2 aromatic carbocycles. The van der Waals surface area contributed by atoms with Crippen molar-refractivity contribution in [1.29, 1.82) is 0 Å². The number of likely N-dealkylation sites (tertiary alicyclic amines) is 1. The molecule has 8 nitrogen and oxygen atoms in total. The predicted molar refractivity (Wildman–Crippen MR) is 113 cm³/mol. The second kappa shape index (κ2) is 7.98. The van der Waals surface area contributed by atoms with E-state index in [0.29, 0.717) is 37.9 Å². The van der Waals surface area contributed by atoms with Crippen LogP contribution in [0.15, 0.2) is 47.4 Å². The molecule has 0 spiro atoms. The van der Waals surface area contributed by atoms with Crippen LogP contribution in [0.25, 0.3) is 10.8 Å². The number of fused-ring (bicyclic) bond motifs is 1. The largest absolute Gasteiger partial charge is 0.326 e. The number of hydrogen-bond donors (Lipinski definition) is 1. The van der Waals surface area contributed by atoms with Crippen molar-refractivity contribution in [3.05, 3.63) is 42.5 Å². The van der Waals surface area contributed by atoms with Gasteiger partial charge in [-0.3, -0.25) is 14.6 Å². The number of imide groups is 1. The second-order valence-electron chi connectivity index (χ2n) is 7.98. The number of sulfonamides is 1. The molecular weight excluding hydrogens is 404 g/mol. The minimum atomic E-state index is -3.66. The third kappa shape index (κ3) is 3.80. The van der Waals surface area contributed by atoms with E-state index >= 15 is 0 Å². The predicted octanol–water partition coefficient (Wildman–Crippen LogP) is 1.47. The Labute approximate surface area is 176 Å². The van der Waals surface area contributed by atoms with Crippen LogP contribution in [0.2, 0.25) is 0 Å². The van der Waals surface area contributed by atoms with E-state index in [1.807, 2.05) is 35.2 Å². The van der Waals surface area contributed by atoms with Crippen LogP contribution in [-0.2, 0) is 14.8 Å². The number of piperidine rings is 1. The molecule has 2 aromatic rings. The first-order chi connectivity index (χ1) is 14.3. The Morgan fingerprint density at radius 1 is 0.967 bits per heavy atom. The number of nitrogens with one attached hydrogen (secondary N) is 1. The molecule has 2 aliphatic rings. The molecule has 2 fully saturated rings. The normalized spacial score (nSPS) is 22.1. The maximum Gasteiger partial charge on any atom is 0.326 e. The van der Waals surface area contributed by atoms with Gasteiger partial charge in [0.15, 0.2) is 0 Å². The van der Waals surface area contributed by atoms with Crippen LogP contribution in [0.4, 0.5) is 4.79 Å². The van der Waals surface area contributed by atoms with Crippen molar-refractivity contribution >= 4 is 32.7 Å². The van der Waals surface area contributed by atoms with E-state index in [2.05, 4.69) is 4.72 Å². The van der Waals surface area contributed by atoms with Gasteiger partial charge in [0, 0.05) is 45.2 Å². The Balaban J connectivity index is 1.43. The zero-order valence-electron chi connectivity index (χ0n) is 17.1. The third-order valence-electron chi connectivity index (χ3n) is 6.01. The average molecular weight is 431 g/mol. The van der Waals surface area contributed by atoms with E-state index in [9.17, 15) is 18.0 Å². The standard InChI is InChI=1S/C21H26N4O4S/c1-23-14-18(20(26)24(2)21(23)27)25-12-10-16(11-13-25)22-30(28,29)19-9-5-7-15-6-3-4-8-17(15)19/h3-9,16,18,22H,10-14H2,1-2H3. The van der Waals surface area contributed by atoms with Crippen LogP contribution in [-0.4, -0.2) is 80.9 Å². The quantitative estimate of drug-likeness (QED) is 0.794. The number of rotatable bonds is 4. The van der Waals surface area contributed by atoms with Gasteiger partial charge in [0.05, 0.1) is 4.90 Å². The van der Waals surface area contributed by atoms with E-state index < -0.39 is 10.0 Å². The number of amides is 3. The highest BCUT2D eigenvalue weighted by Crippen LogP contribution is 2.24. The molecule has 2 heterocycles. The number of hydrogen-bond acceptors (Lipinski definition) is 5. The number of nitrogens with zero attached hydrogens (tertiary/aromatic N) is 3. The lowest BCUT2D eigenvalue weighted by Crippen LogP contribution is -2.63. The number of carbonyl (C=O) groups excluding carboxylic acids is 2. The molecule has 30 heavy (non-hydrogen) atoms. The van der Waals surface area contributed by atoms with Gasteiger partial charge >= 0.3 is 6.03 Å². The molecule has 1 atom stereocenters. The first-order valence-corrected chi connectivity index (χ1v) is 11.5. The molecular formula is C21H26N4O4S. The van der Waals surface area contributed by atoms with Crippen LogP contribution in [0.1, 0.15) is 12.8 Å². The van der Waals surface area contributed by atoms with Gasteiger partial charge in [0.1, 0.15) is 6.04 Å². The number of carbonyl (C=O) groups is 2. The van der Waals surface area contributed by atoms with Gasteiger partial charge in [-0.15, -0.1) is 0 Å². The molecule has 1 N–H and O–H groups in total. The Morgan fingerprint density at radius 2 is 1.63 bits per heavy atom. The zero-order valence-corrected chi connectivity index (χ0v) is 17.9. The molecule has 4 rings (SSSR count). The van der Waals surface area contributed by atoms with E-state index in [1.165, 1.54) is 7.05 Å². The van der Waals surface area contributed by atoms with E-state index in [-0.39, 0.29) is 28.9 Å². The molecule has 0 bridgehead atoms. The van der Waals surface area contributed by atoms with Gasteiger partial charge in [0.25, 0.3) is 0 Å². The maximum atomic E-state index is 13.0. The molecule has 0 saturated carbocycles. The van der Waals surface area contributed by atoms with Crippen LogP contribution in [0, 0.1) is 0 Å². The molecule has 2 saturated heterocycles. The van der Waals surface area contributed by atoms with E-state index in [0.717, 1.165) is 10.3 Å².